The summed E-state index contributed by atoms with van der Waals surface area (Å²) in [5.41, 5.74) is 0. The summed E-state index contributed by atoms with van der Waals surface area (Å²) in [6.45, 7) is 4.59. The van der Waals surface area contributed by atoms with Crippen molar-refractivity contribution in [3.8, 4) is 0 Å². The van der Waals surface area contributed by atoms with Crippen LogP contribution in [0.15, 0.2) is 0 Å². The van der Waals surface area contributed by atoms with Crippen LogP contribution in [0.4, 0.5) is 4.70 Å². The Morgan fingerprint density at radius 2 is 0.571 bits per heavy atom. The van der Waals surface area contributed by atoms with Crippen LogP contribution < -0.4 is 0 Å². The van der Waals surface area contributed by atoms with Gasteiger partial charge >= 0.3 is 9.53 Å². The maximum atomic E-state index is 4.74. The predicted molar refractivity (Wildman–Crippen MR) is 125 cm³/mol. The van der Waals surface area contributed by atoms with Crippen LogP contribution in [0.2, 0.25) is 0 Å². The Morgan fingerprint density at radius 3 is 0.679 bits per heavy atom. The van der Waals surface area contributed by atoms with E-state index in [1.54, 1.807) is 21.3 Å². The molecule has 0 spiro atoms. The zero-order chi connectivity index (χ0) is 20.4. The fraction of sp³-hybridized carbons (Fsp3) is 1.00. The Morgan fingerprint density at radius 1 is 0.393 bits per heavy atom. The summed E-state index contributed by atoms with van der Waals surface area (Å²) in [5, 5.41) is 0. The molecule has 0 amide bonds. The Balaban J connectivity index is -0.000000665. The highest BCUT2D eigenvalue weighted by Gasteiger charge is 2.05. The highest BCUT2D eigenvalue weighted by atomic mass is 28.3. The van der Waals surface area contributed by atoms with Crippen molar-refractivity contribution in [2.24, 2.45) is 0 Å². The van der Waals surface area contributed by atoms with Gasteiger partial charge in [0.05, 0.1) is 0 Å². The van der Waals surface area contributed by atoms with E-state index in [2.05, 4.69) is 13.8 Å². The molecule has 174 valence electrons. The van der Waals surface area contributed by atoms with Crippen LogP contribution in [-0.4, -0.2) is 30.9 Å². The predicted octanol–water partition coefficient (Wildman–Crippen LogP) is 7.84. The van der Waals surface area contributed by atoms with Crippen molar-refractivity contribution in [1.82, 2.24) is 0 Å². The van der Waals surface area contributed by atoms with Crippen LogP contribution in [0, 0.1) is 0 Å². The second-order valence-electron chi connectivity index (χ2n) is 7.65. The van der Waals surface area contributed by atoms with Crippen LogP contribution in [0.25, 0.3) is 0 Å². The lowest BCUT2D eigenvalue weighted by Crippen LogP contribution is -2.21. The smallest absolute Gasteiger partial charge is 0.379 e. The topological polar surface area (TPSA) is 27.7 Å². The molecule has 0 aliphatic rings. The molecule has 0 N–H and O–H groups in total. The van der Waals surface area contributed by atoms with Gasteiger partial charge < -0.3 is 13.3 Å². The average molecular weight is 425 g/mol. The van der Waals surface area contributed by atoms with E-state index in [1.165, 1.54) is 116 Å². The van der Waals surface area contributed by atoms with Crippen LogP contribution in [-0.2, 0) is 13.3 Å². The largest absolute Gasteiger partial charge is 0.483 e. The van der Waals surface area contributed by atoms with Crippen LogP contribution in [0.1, 0.15) is 129 Å². The molecule has 0 bridgehead atoms. The van der Waals surface area contributed by atoms with E-state index in [0.717, 1.165) is 0 Å². The number of hydrogen-bond donors (Lipinski definition) is 0. The van der Waals surface area contributed by atoms with Gasteiger partial charge in [-0.3, -0.25) is 4.70 Å². The first-order valence-corrected chi connectivity index (χ1v) is 13.3. The summed E-state index contributed by atoms with van der Waals surface area (Å²) in [4.78, 5) is 0. The third-order valence-electron chi connectivity index (χ3n) is 5.03. The summed E-state index contributed by atoms with van der Waals surface area (Å²) in [6, 6.07) is 0. The van der Waals surface area contributed by atoms with Gasteiger partial charge in [-0.25, -0.2) is 0 Å². The molecular formula is C23H53FO3Si. The SMILES string of the molecule is CCCCCCCCCCCCCCCCCCCC.CO[SiH](OC)OC.F. The molecule has 0 aliphatic carbocycles. The normalized spacial score (nSPS) is 10.5. The van der Waals surface area contributed by atoms with Gasteiger partial charge in [-0.1, -0.05) is 129 Å². The third-order valence-corrected chi connectivity index (χ3v) is 6.19. The molecule has 0 unspecified atom stereocenters. The molecular weight excluding hydrogens is 371 g/mol. The van der Waals surface area contributed by atoms with Crippen LogP contribution in [0.5, 0.6) is 0 Å². The van der Waals surface area contributed by atoms with Crippen LogP contribution >= 0.6 is 0 Å². The van der Waals surface area contributed by atoms with E-state index < -0.39 is 9.53 Å². The van der Waals surface area contributed by atoms with Crippen molar-refractivity contribution in [2.75, 3.05) is 21.3 Å². The zero-order valence-electron chi connectivity index (χ0n) is 19.9. The molecule has 0 aromatic rings. The zero-order valence-corrected chi connectivity index (χ0v) is 21.1. The summed E-state index contributed by atoms with van der Waals surface area (Å²) >= 11 is 0. The van der Waals surface area contributed by atoms with Crippen molar-refractivity contribution in [1.29, 1.82) is 0 Å². The lowest BCUT2D eigenvalue weighted by molar-refractivity contribution is 0.163. The summed E-state index contributed by atoms with van der Waals surface area (Å²) < 4.78 is 14.2. The van der Waals surface area contributed by atoms with Crippen molar-refractivity contribution >= 4 is 9.53 Å². The number of halogens is 1. The fourth-order valence-electron chi connectivity index (χ4n) is 3.26. The molecule has 0 aromatic heterocycles. The average Bonchev–Trinajstić information content (AvgIpc) is 2.69. The van der Waals surface area contributed by atoms with Gasteiger partial charge in [-0.15, -0.1) is 0 Å². The Kier molecular flexibility index (Phi) is 37.0. The molecule has 0 heterocycles. The van der Waals surface area contributed by atoms with Gasteiger partial charge in [-0.05, 0) is 0 Å². The second-order valence-corrected chi connectivity index (χ2v) is 9.64. The van der Waals surface area contributed by atoms with Crippen LogP contribution in [0.3, 0.4) is 0 Å². The van der Waals surface area contributed by atoms with E-state index >= 15 is 0 Å². The number of hydrogen-bond acceptors (Lipinski definition) is 3. The van der Waals surface area contributed by atoms with Gasteiger partial charge in [0.15, 0.2) is 0 Å². The van der Waals surface area contributed by atoms with E-state index in [4.69, 9.17) is 13.3 Å². The van der Waals surface area contributed by atoms with Gasteiger partial charge in [-0.2, -0.15) is 0 Å². The maximum Gasteiger partial charge on any atom is 0.483 e. The van der Waals surface area contributed by atoms with Crippen molar-refractivity contribution in [2.45, 2.75) is 129 Å². The first-order valence-electron chi connectivity index (χ1n) is 11.8. The van der Waals surface area contributed by atoms with Crippen molar-refractivity contribution in [3.63, 3.8) is 0 Å². The summed E-state index contributed by atoms with van der Waals surface area (Å²) in [6.07, 6.45) is 26.4. The number of rotatable bonds is 20. The molecule has 0 saturated heterocycles. The lowest BCUT2D eigenvalue weighted by Gasteiger charge is -2.05. The van der Waals surface area contributed by atoms with Gasteiger partial charge in [0.2, 0.25) is 0 Å². The minimum absolute atomic E-state index is 0. The Bertz CT molecular complexity index is 218. The minimum Gasteiger partial charge on any atom is -0.379 e. The monoisotopic (exact) mass is 424 g/mol. The lowest BCUT2D eigenvalue weighted by atomic mass is 10.0. The molecule has 5 heteroatoms. The van der Waals surface area contributed by atoms with E-state index in [-0.39, 0.29) is 4.70 Å². The van der Waals surface area contributed by atoms with Crippen molar-refractivity contribution in [3.05, 3.63) is 0 Å². The molecule has 0 atom stereocenters. The van der Waals surface area contributed by atoms with E-state index in [0.29, 0.717) is 0 Å². The van der Waals surface area contributed by atoms with Gasteiger partial charge in [0.25, 0.3) is 0 Å². The van der Waals surface area contributed by atoms with Gasteiger partial charge in [0, 0.05) is 21.3 Å². The minimum atomic E-state index is -1.67. The fourth-order valence-corrected chi connectivity index (χ4v) is 3.84. The Labute approximate surface area is 178 Å². The summed E-state index contributed by atoms with van der Waals surface area (Å²) in [7, 11) is 3.05. The van der Waals surface area contributed by atoms with Crippen molar-refractivity contribution < 1.29 is 18.0 Å². The second kappa shape index (κ2) is 31.7. The van der Waals surface area contributed by atoms with E-state index in [9.17, 15) is 0 Å². The summed E-state index contributed by atoms with van der Waals surface area (Å²) in [5.74, 6) is 0. The first-order chi connectivity index (χ1) is 13.3. The first kappa shape index (κ1) is 32.7. The molecule has 0 aliphatic heterocycles. The molecule has 0 fully saturated rings. The quantitative estimate of drug-likeness (QED) is 0.147. The third kappa shape index (κ3) is 30.7. The molecule has 3 nitrogen and oxygen atoms in total. The molecule has 0 aromatic carbocycles. The molecule has 28 heavy (non-hydrogen) atoms. The Hall–Kier alpha value is 0.0269. The van der Waals surface area contributed by atoms with Gasteiger partial charge in [0.1, 0.15) is 0 Å². The standard InChI is InChI=1S/C20H42.C3H10O3Si.FH/c1-3-5-7-9-11-13-15-17-19-20-18-16-14-12-10-8-6-4-2;1-4-7(5-2)6-3;/h3-20H2,1-2H3;7H,1-3H3;1H. The molecule has 0 radical (unpaired) electrons. The number of unbranched alkanes of at least 4 members (excludes halogenated alkanes) is 17. The molecule has 0 rings (SSSR count). The highest BCUT2D eigenvalue weighted by Crippen LogP contribution is 2.14. The highest BCUT2D eigenvalue weighted by molar-refractivity contribution is 6.36. The maximum absolute atomic E-state index is 4.74. The van der Waals surface area contributed by atoms with E-state index in [1.807, 2.05) is 0 Å². The molecule has 0 saturated carbocycles.